The summed E-state index contributed by atoms with van der Waals surface area (Å²) in [4.78, 5) is 69.3. The normalized spacial score (nSPS) is 12.4. The van der Waals surface area contributed by atoms with Crippen LogP contribution >= 0.6 is 0 Å². The Hall–Kier alpha value is -7.42. The van der Waals surface area contributed by atoms with Crippen LogP contribution in [-0.2, 0) is 80.3 Å². The van der Waals surface area contributed by atoms with E-state index in [9.17, 15) is 53.6 Å². The number of carbonyl (C=O) groups is 6. The molecule has 0 saturated heterocycles. The molecule has 0 spiro atoms. The Labute approximate surface area is 531 Å². The molecule has 0 amide bonds. The fourth-order valence-corrected chi connectivity index (χ4v) is 12.4. The van der Waals surface area contributed by atoms with Crippen molar-refractivity contribution in [1.82, 2.24) is 0 Å². The van der Waals surface area contributed by atoms with Crippen molar-refractivity contribution < 1.29 is 92.0 Å². The van der Waals surface area contributed by atoms with Crippen LogP contribution in [-0.4, -0.2) is 109 Å². The summed E-state index contributed by atoms with van der Waals surface area (Å²) in [6, 6.07) is 60.8. The zero-order valence-corrected chi connectivity index (χ0v) is 55.1. The number of alkyl halides is 4. The largest absolute Gasteiger partial charge is 0.463 e. The predicted octanol–water partition coefficient (Wildman–Crippen LogP) is 12.7. The van der Waals surface area contributed by atoms with Gasteiger partial charge >= 0.3 is 42.7 Å². The van der Waals surface area contributed by atoms with Gasteiger partial charge in [0, 0.05) is 11.0 Å². The van der Waals surface area contributed by atoms with Crippen molar-refractivity contribution in [2.24, 2.45) is 10.8 Å². The van der Waals surface area contributed by atoms with Crippen LogP contribution in [0.25, 0.3) is 0 Å². The first kappa shape index (κ1) is 82.6. The summed E-state index contributed by atoms with van der Waals surface area (Å²) >= 11 is 0. The lowest BCUT2D eigenvalue weighted by Gasteiger charge is -2.35. The maximum atomic E-state index is 13.6. The minimum Gasteiger partial charge on any atom is -0.463 e. The number of Topliss-reactive ketones (excluding diaryl/α,β-unsaturated/α-hetero) is 2. The Morgan fingerprint density at radius 1 is 0.500 bits per heavy atom. The van der Waals surface area contributed by atoms with Crippen LogP contribution in [0.1, 0.15) is 79.4 Å². The molecule has 0 aliphatic heterocycles. The monoisotopic (exact) mass is 1330 g/mol. The molecule has 0 aliphatic rings. The first-order valence-electron chi connectivity index (χ1n) is 27.0. The lowest BCUT2D eigenvalue weighted by atomic mass is 9.70. The van der Waals surface area contributed by atoms with Crippen LogP contribution in [0.5, 0.6) is 0 Å². The first-order chi connectivity index (χ1) is 41.8. The SMILES string of the molecule is C=C(C)C(=O)C(F)(F)S(=O)(=O)O.C=C(C)C(=O)OCC(C)O.C=O.C=O.CCC(C)(CC(C)(C)C(=O)C(F)(F)S(=O)(=O)O)C(=O)OCC(C)O.Cc1ccc([S+](c2ccccc2)c2ccccc2)cc1.Cc1ccc([S+](c2ccccc2)c2ccccc2)cc1. The summed E-state index contributed by atoms with van der Waals surface area (Å²) in [5, 5.41) is 8.04. The van der Waals surface area contributed by atoms with Crippen molar-refractivity contribution >= 4 is 79.1 Å². The minimum absolute atomic E-state index is 0.0229. The van der Waals surface area contributed by atoms with Gasteiger partial charge in [-0.15, -0.1) is 0 Å². The van der Waals surface area contributed by atoms with Crippen LogP contribution < -0.4 is 0 Å². The van der Waals surface area contributed by atoms with Crippen LogP contribution in [0.4, 0.5) is 17.6 Å². The number of halogens is 4. The standard InChI is InChI=1S/2C19H17S.C14H24F2O7S.C7H12O3.C5H6F2O4S.2CH2O/c2*1-16-12-14-19(15-13-16)20(17-8-4-2-5-9-17)18-10-6-3-7-11-18;1-6-13(5,11(19)23-7-9(2)17)8-12(3,4)10(18)14(15,16)24(20,21)22;1-5(2)7(9)10-4-6(3)8;1-3(2)4(8)5(6,7)12(9,10)11;2*1-2/h2*2-15H,1H3;9,17H,6-8H2,1-5H3,(H,20,21,22);6,8H,1,4H2,2-3H3;1H2,2H3,(H,9,10,11);2*1H2/q2*+1;;;;;. The molecule has 0 saturated carbocycles. The van der Waals surface area contributed by atoms with Crippen LogP contribution in [0.15, 0.2) is 224 Å². The van der Waals surface area contributed by atoms with Crippen molar-refractivity contribution in [3.8, 4) is 0 Å². The first-order valence-corrected chi connectivity index (χ1v) is 32.4. The Kier molecular flexibility index (Phi) is 35.8. The highest BCUT2D eigenvalue weighted by Crippen LogP contribution is 2.43. The van der Waals surface area contributed by atoms with Crippen LogP contribution in [0.3, 0.4) is 0 Å². The topological polar surface area (TPSA) is 270 Å². The predicted molar refractivity (Wildman–Crippen MR) is 341 cm³/mol. The Morgan fingerprint density at radius 3 is 1.01 bits per heavy atom. The highest BCUT2D eigenvalue weighted by atomic mass is 32.2. The second-order valence-corrected chi connectivity index (χ2v) is 27.5. The van der Waals surface area contributed by atoms with E-state index in [1.807, 2.05) is 13.6 Å². The molecular weight excluding hydrogens is 1250 g/mol. The number of aliphatic hydroxyl groups excluding tert-OH is 2. The van der Waals surface area contributed by atoms with E-state index in [1.54, 1.807) is 20.8 Å². The van der Waals surface area contributed by atoms with Crippen molar-refractivity contribution in [3.05, 3.63) is 205 Å². The van der Waals surface area contributed by atoms with Gasteiger partial charge in [-0.3, -0.25) is 23.5 Å². The van der Waals surface area contributed by atoms with Gasteiger partial charge in [-0.2, -0.15) is 34.4 Å². The summed E-state index contributed by atoms with van der Waals surface area (Å²) in [5.41, 5.74) is -0.979. The quantitative estimate of drug-likeness (QED) is 0.0171. The summed E-state index contributed by atoms with van der Waals surface area (Å²) in [6.07, 6.45) is -1.84. The molecule has 0 aromatic heterocycles. The molecule has 490 valence electrons. The van der Waals surface area contributed by atoms with E-state index in [2.05, 4.69) is 202 Å². The zero-order valence-electron chi connectivity index (χ0n) is 51.8. The summed E-state index contributed by atoms with van der Waals surface area (Å²) in [5.74, 6) is -5.28. The molecule has 90 heavy (non-hydrogen) atoms. The summed E-state index contributed by atoms with van der Waals surface area (Å²) < 4.78 is 119. The molecule has 0 bridgehead atoms. The van der Waals surface area contributed by atoms with E-state index in [4.69, 9.17) is 33.6 Å². The van der Waals surface area contributed by atoms with E-state index in [-0.39, 0.29) is 41.4 Å². The number of ether oxygens (including phenoxy) is 2. The van der Waals surface area contributed by atoms with Gasteiger partial charge in [-0.05, 0) is 140 Å². The van der Waals surface area contributed by atoms with E-state index in [0.29, 0.717) is 5.57 Å². The number of allylic oxidation sites excluding steroid dienone is 1. The van der Waals surface area contributed by atoms with Gasteiger partial charge in [0.2, 0.25) is 11.6 Å². The number of ketones is 2. The Morgan fingerprint density at radius 2 is 0.778 bits per heavy atom. The molecule has 6 aromatic carbocycles. The number of aryl methyl sites for hydroxylation is 2. The molecule has 0 aliphatic carbocycles. The number of rotatable bonds is 21. The second-order valence-electron chi connectivity index (χ2n) is 20.6. The number of carbonyl (C=O) groups excluding carboxylic acids is 6. The highest BCUT2D eigenvalue weighted by molar-refractivity contribution is 7.97. The number of hydrogen-bond donors (Lipinski definition) is 4. The molecule has 3 unspecified atom stereocenters. The molecule has 4 N–H and O–H groups in total. The molecule has 16 nitrogen and oxygen atoms in total. The molecule has 0 fully saturated rings. The number of hydrogen-bond acceptors (Lipinski definition) is 14. The third-order valence-electron chi connectivity index (χ3n) is 12.0. The van der Waals surface area contributed by atoms with Gasteiger partial charge in [0.25, 0.3) is 0 Å². The van der Waals surface area contributed by atoms with E-state index >= 15 is 0 Å². The maximum absolute atomic E-state index is 13.6. The number of benzene rings is 6. The molecule has 3 atom stereocenters. The third-order valence-corrected chi connectivity index (χ3v) is 18.1. The smallest absolute Gasteiger partial charge is 0.430 e. The van der Waals surface area contributed by atoms with E-state index in [1.165, 1.54) is 54.3 Å². The van der Waals surface area contributed by atoms with E-state index < -0.39 is 89.3 Å². The van der Waals surface area contributed by atoms with Gasteiger partial charge in [0.15, 0.2) is 29.4 Å². The lowest BCUT2D eigenvalue weighted by molar-refractivity contribution is -0.162. The second kappa shape index (κ2) is 39.0. The summed E-state index contributed by atoms with van der Waals surface area (Å²) in [7, 11) is -11.7. The number of aliphatic hydroxyl groups is 2. The van der Waals surface area contributed by atoms with Crippen molar-refractivity contribution in [1.29, 1.82) is 0 Å². The van der Waals surface area contributed by atoms with Crippen molar-refractivity contribution in [2.75, 3.05) is 13.2 Å². The van der Waals surface area contributed by atoms with Gasteiger partial charge in [-0.25, -0.2) is 4.79 Å². The molecule has 6 aromatic rings. The lowest BCUT2D eigenvalue weighted by Crippen LogP contribution is -2.48. The van der Waals surface area contributed by atoms with Crippen LogP contribution in [0.2, 0.25) is 0 Å². The molecule has 6 rings (SSSR count). The minimum atomic E-state index is -5.92. The fourth-order valence-electron chi connectivity index (χ4n) is 7.36. The average molecular weight is 1330 g/mol. The molecule has 0 heterocycles. The molecule has 24 heteroatoms. The zero-order chi connectivity index (χ0) is 69.4. The van der Waals surface area contributed by atoms with Gasteiger partial charge < -0.3 is 29.3 Å². The Balaban J connectivity index is 0.00000112. The van der Waals surface area contributed by atoms with Crippen molar-refractivity contribution in [3.63, 3.8) is 0 Å². The van der Waals surface area contributed by atoms with Gasteiger partial charge in [0.05, 0.1) is 39.4 Å². The van der Waals surface area contributed by atoms with E-state index in [0.717, 1.165) is 20.8 Å². The van der Waals surface area contributed by atoms with Crippen LogP contribution in [0, 0.1) is 24.7 Å². The summed E-state index contributed by atoms with van der Waals surface area (Å²) in [6.45, 7) is 24.7. The van der Waals surface area contributed by atoms with Gasteiger partial charge in [-0.1, -0.05) is 142 Å². The molecular formula is C66H80F4O16S4+2. The average Bonchev–Trinajstić information content (AvgIpc) is 1.03. The third kappa shape index (κ3) is 27.0. The molecule has 0 radical (unpaired) electrons. The Bertz CT molecular complexity index is 3210. The highest BCUT2D eigenvalue weighted by Gasteiger charge is 2.58. The number of esters is 2. The van der Waals surface area contributed by atoms with Gasteiger partial charge in [0.1, 0.15) is 26.8 Å². The fraction of sp³-hybridized carbons (Fsp3) is 0.303. The maximum Gasteiger partial charge on any atom is 0.430 e. The van der Waals surface area contributed by atoms with Crippen molar-refractivity contribution in [2.45, 2.75) is 134 Å².